The fourth-order valence-electron chi connectivity index (χ4n) is 2.02. The van der Waals surface area contributed by atoms with Crippen molar-refractivity contribution in [2.24, 2.45) is 0 Å². The second-order valence-corrected chi connectivity index (χ2v) is 6.67. The van der Waals surface area contributed by atoms with Crippen LogP contribution in [0.2, 0.25) is 0 Å². The van der Waals surface area contributed by atoms with E-state index in [2.05, 4.69) is 15.3 Å². The van der Waals surface area contributed by atoms with Crippen molar-refractivity contribution in [3.05, 3.63) is 51.4 Å². The molecular weight excluding hydrogens is 369 g/mol. The van der Waals surface area contributed by atoms with Crippen LogP contribution in [0.5, 0.6) is 0 Å². The first-order valence-corrected chi connectivity index (χ1v) is 8.73. The van der Waals surface area contributed by atoms with Crippen LogP contribution in [0.3, 0.4) is 0 Å². The average Bonchev–Trinajstić information content (AvgIpc) is 3.00. The van der Waals surface area contributed by atoms with Crippen LogP contribution in [0.4, 0.5) is 10.1 Å². The van der Waals surface area contributed by atoms with E-state index < -0.39 is 17.3 Å². The van der Waals surface area contributed by atoms with Gasteiger partial charge >= 0.3 is 5.97 Å². The molecule has 0 saturated carbocycles. The molecule has 0 atom stereocenters. The fraction of sp³-hybridized carbons (Fsp3) is 0.0667. The fourth-order valence-corrected chi connectivity index (χ4v) is 3.65. The molecule has 3 aromatic rings. The Bertz CT molecular complexity index is 1010. The summed E-state index contributed by atoms with van der Waals surface area (Å²) in [5.74, 6) is -1.98. The first-order valence-electron chi connectivity index (χ1n) is 6.87. The van der Waals surface area contributed by atoms with Crippen molar-refractivity contribution in [2.75, 3.05) is 11.1 Å². The number of aromatic carboxylic acids is 1. The first-order chi connectivity index (χ1) is 11.9. The standard InChI is InChI=1S/C15H10FN3O4S2/c16-7-1-3-8(4-2-7)17-10(20)6-25-15-18-12(21)11-9(14(22)23)5-24-13(11)19-15/h1-5H,6H2,(H,17,20)(H,22,23)(H,18,19,21). The maximum absolute atomic E-state index is 12.8. The molecule has 3 rings (SSSR count). The van der Waals surface area contributed by atoms with Crippen molar-refractivity contribution in [3.8, 4) is 0 Å². The molecule has 10 heteroatoms. The Labute approximate surface area is 147 Å². The third kappa shape index (κ3) is 3.86. The Morgan fingerprint density at radius 3 is 2.72 bits per heavy atom. The second kappa shape index (κ2) is 7.03. The van der Waals surface area contributed by atoms with Crippen LogP contribution in [0.25, 0.3) is 10.2 Å². The van der Waals surface area contributed by atoms with Crippen LogP contribution in [0.15, 0.2) is 39.6 Å². The molecule has 0 spiro atoms. The van der Waals surface area contributed by atoms with Gasteiger partial charge in [0.05, 0.1) is 16.7 Å². The topological polar surface area (TPSA) is 112 Å². The van der Waals surface area contributed by atoms with E-state index in [9.17, 15) is 18.8 Å². The lowest BCUT2D eigenvalue weighted by molar-refractivity contribution is -0.113. The number of hydrogen-bond acceptors (Lipinski definition) is 6. The molecule has 0 radical (unpaired) electrons. The number of amides is 1. The largest absolute Gasteiger partial charge is 0.478 e. The van der Waals surface area contributed by atoms with E-state index in [4.69, 9.17) is 5.11 Å². The number of carboxylic acids is 1. The molecule has 0 bridgehead atoms. The van der Waals surface area contributed by atoms with Gasteiger partial charge in [-0.25, -0.2) is 14.2 Å². The number of rotatable bonds is 5. The average molecular weight is 379 g/mol. The first kappa shape index (κ1) is 17.1. The van der Waals surface area contributed by atoms with E-state index >= 15 is 0 Å². The SMILES string of the molecule is O=C(CSc1nc2scc(C(=O)O)c2c(=O)[nH]1)Nc1ccc(F)cc1. The summed E-state index contributed by atoms with van der Waals surface area (Å²) >= 11 is 2.05. The van der Waals surface area contributed by atoms with E-state index in [1.54, 1.807) is 0 Å². The van der Waals surface area contributed by atoms with Crippen molar-refractivity contribution >= 4 is 50.9 Å². The van der Waals surface area contributed by atoms with E-state index in [0.29, 0.717) is 10.5 Å². The lowest BCUT2D eigenvalue weighted by Gasteiger charge is -2.04. The highest BCUT2D eigenvalue weighted by Gasteiger charge is 2.16. The zero-order chi connectivity index (χ0) is 18.0. The predicted molar refractivity (Wildman–Crippen MR) is 93.0 cm³/mol. The molecule has 3 N–H and O–H groups in total. The number of thioether (sulfide) groups is 1. The number of fused-ring (bicyclic) bond motifs is 1. The summed E-state index contributed by atoms with van der Waals surface area (Å²) in [7, 11) is 0. The summed E-state index contributed by atoms with van der Waals surface area (Å²) < 4.78 is 12.8. The van der Waals surface area contributed by atoms with Gasteiger partial charge < -0.3 is 15.4 Å². The summed E-state index contributed by atoms with van der Waals surface area (Å²) in [5.41, 5.74) is -0.210. The number of nitrogens with zero attached hydrogens (tertiary/aromatic N) is 1. The number of halogens is 1. The van der Waals surface area contributed by atoms with Crippen LogP contribution in [0.1, 0.15) is 10.4 Å². The zero-order valence-corrected chi connectivity index (χ0v) is 14.0. The zero-order valence-electron chi connectivity index (χ0n) is 12.4. The third-order valence-corrected chi connectivity index (χ3v) is 4.87. The normalized spacial score (nSPS) is 10.8. The number of benzene rings is 1. The van der Waals surface area contributed by atoms with E-state index in [0.717, 1.165) is 23.1 Å². The molecule has 128 valence electrons. The molecule has 2 aromatic heterocycles. The number of H-pyrrole nitrogens is 1. The Morgan fingerprint density at radius 1 is 1.32 bits per heavy atom. The van der Waals surface area contributed by atoms with Crippen LogP contribution < -0.4 is 10.9 Å². The molecule has 2 heterocycles. The van der Waals surface area contributed by atoms with Crippen molar-refractivity contribution in [2.45, 2.75) is 5.16 Å². The summed E-state index contributed by atoms with van der Waals surface area (Å²) in [6.45, 7) is 0. The minimum Gasteiger partial charge on any atom is -0.478 e. The van der Waals surface area contributed by atoms with Crippen LogP contribution in [0, 0.1) is 5.82 Å². The highest BCUT2D eigenvalue weighted by Crippen LogP contribution is 2.23. The quantitative estimate of drug-likeness (QED) is 0.464. The van der Waals surface area contributed by atoms with Gasteiger partial charge in [-0.15, -0.1) is 11.3 Å². The van der Waals surface area contributed by atoms with E-state index in [1.807, 2.05) is 0 Å². The molecule has 0 aliphatic heterocycles. The van der Waals surface area contributed by atoms with Crippen LogP contribution in [-0.2, 0) is 4.79 Å². The number of thiophene rings is 1. The van der Waals surface area contributed by atoms with E-state index in [1.165, 1.54) is 29.6 Å². The Balaban J connectivity index is 1.71. The summed E-state index contributed by atoms with van der Waals surface area (Å²) in [6.07, 6.45) is 0. The van der Waals surface area contributed by atoms with Crippen molar-refractivity contribution in [1.29, 1.82) is 0 Å². The molecule has 0 aliphatic carbocycles. The van der Waals surface area contributed by atoms with Gasteiger partial charge in [-0.1, -0.05) is 11.8 Å². The van der Waals surface area contributed by atoms with Crippen molar-refractivity contribution in [3.63, 3.8) is 0 Å². The molecule has 1 aromatic carbocycles. The highest BCUT2D eigenvalue weighted by atomic mass is 32.2. The number of aromatic amines is 1. The van der Waals surface area contributed by atoms with Gasteiger partial charge in [0, 0.05) is 11.1 Å². The molecule has 1 amide bonds. The molecule has 0 fully saturated rings. The minimum atomic E-state index is -1.20. The molecule has 7 nitrogen and oxygen atoms in total. The lowest BCUT2D eigenvalue weighted by Crippen LogP contribution is -2.15. The van der Waals surface area contributed by atoms with Crippen LogP contribution >= 0.6 is 23.1 Å². The number of carbonyl (C=O) groups is 2. The predicted octanol–water partition coefficient (Wildman–Crippen LogP) is 2.55. The van der Waals surface area contributed by atoms with E-state index in [-0.39, 0.29) is 27.8 Å². The third-order valence-electron chi connectivity index (χ3n) is 3.12. The number of aromatic nitrogens is 2. The Kier molecular flexibility index (Phi) is 4.81. The highest BCUT2D eigenvalue weighted by molar-refractivity contribution is 7.99. The van der Waals surface area contributed by atoms with Gasteiger partial charge in [-0.05, 0) is 24.3 Å². The number of carbonyl (C=O) groups excluding carboxylic acids is 1. The summed E-state index contributed by atoms with van der Waals surface area (Å²) in [4.78, 5) is 41.9. The van der Waals surface area contributed by atoms with Crippen molar-refractivity contribution in [1.82, 2.24) is 9.97 Å². The number of carboxylic acid groups (broad SMARTS) is 1. The van der Waals surface area contributed by atoms with Gasteiger partial charge in [-0.3, -0.25) is 9.59 Å². The number of nitrogens with one attached hydrogen (secondary N) is 2. The van der Waals surface area contributed by atoms with Crippen LogP contribution in [-0.4, -0.2) is 32.7 Å². The number of anilines is 1. The lowest BCUT2D eigenvalue weighted by atomic mass is 10.2. The molecule has 25 heavy (non-hydrogen) atoms. The molecular formula is C15H10FN3O4S2. The van der Waals surface area contributed by atoms with Gasteiger partial charge in [0.2, 0.25) is 5.91 Å². The summed E-state index contributed by atoms with van der Waals surface area (Å²) in [6, 6.07) is 5.32. The summed E-state index contributed by atoms with van der Waals surface area (Å²) in [5, 5.41) is 13.2. The molecule has 0 unspecified atom stereocenters. The van der Waals surface area contributed by atoms with Gasteiger partial charge in [-0.2, -0.15) is 0 Å². The van der Waals surface area contributed by atoms with Gasteiger partial charge in [0.1, 0.15) is 10.6 Å². The smallest absolute Gasteiger partial charge is 0.337 e. The monoisotopic (exact) mass is 379 g/mol. The second-order valence-electron chi connectivity index (χ2n) is 4.85. The molecule has 0 saturated heterocycles. The maximum Gasteiger partial charge on any atom is 0.337 e. The van der Waals surface area contributed by atoms with Gasteiger partial charge in [0.25, 0.3) is 5.56 Å². The Hall–Kier alpha value is -2.72. The minimum absolute atomic E-state index is 0.0248. The maximum atomic E-state index is 12.8. The molecule has 0 aliphatic rings. The van der Waals surface area contributed by atoms with Gasteiger partial charge in [0.15, 0.2) is 5.16 Å². The van der Waals surface area contributed by atoms with Crippen molar-refractivity contribution < 1.29 is 19.1 Å². The number of hydrogen-bond donors (Lipinski definition) is 3. The Morgan fingerprint density at radius 2 is 2.04 bits per heavy atom.